The van der Waals surface area contributed by atoms with Gasteiger partial charge in [-0.05, 0) is 6.92 Å². The van der Waals surface area contributed by atoms with Crippen LogP contribution in [-0.2, 0) is 61.7 Å². The lowest BCUT2D eigenvalue weighted by molar-refractivity contribution is -0.388. The zero-order valence-electron chi connectivity index (χ0n) is 38.8. The molecule has 6 aliphatic heterocycles. The predicted molar refractivity (Wildman–Crippen MR) is 221 cm³/mol. The Bertz CT molecular complexity index is 1730. The fraction of sp³-hybridized carbons (Fsp3) is 0.950. The van der Waals surface area contributed by atoms with Crippen LogP contribution in [0.15, 0.2) is 0 Å². The van der Waals surface area contributed by atoms with Gasteiger partial charge in [0.25, 0.3) is 0 Å². The van der Waals surface area contributed by atoms with Crippen LogP contribution in [-0.4, -0.2) is 316 Å². The van der Waals surface area contributed by atoms with Crippen molar-refractivity contribution in [1.82, 2.24) is 10.6 Å². The summed E-state index contributed by atoms with van der Waals surface area (Å²) in [6, 6.07) is -3.35. The molecule has 0 aromatic heterocycles. The van der Waals surface area contributed by atoms with E-state index < -0.39 is 229 Å². The number of carbonyl (C=O) groups is 2. The molecule has 72 heavy (non-hydrogen) atoms. The van der Waals surface area contributed by atoms with Crippen molar-refractivity contribution in [2.75, 3.05) is 33.0 Å². The van der Waals surface area contributed by atoms with Crippen molar-refractivity contribution in [3.8, 4) is 0 Å². The Morgan fingerprint density at radius 2 is 0.806 bits per heavy atom. The Hall–Kier alpha value is -2.18. The van der Waals surface area contributed by atoms with Gasteiger partial charge in [0.2, 0.25) is 11.8 Å². The Morgan fingerprint density at radius 1 is 0.389 bits per heavy atom. The minimum atomic E-state index is -2.18. The number of ether oxygens (including phenoxy) is 11. The normalized spacial score (nSPS) is 50.3. The quantitative estimate of drug-likeness (QED) is 0.0643. The lowest BCUT2D eigenvalue weighted by atomic mass is 9.94. The zero-order chi connectivity index (χ0) is 53.2. The summed E-state index contributed by atoms with van der Waals surface area (Å²) in [7, 11) is 0. The SMILES string of the molecule is CC(=O)N[C@H]1[C@H](OC[C@H]2OC(O)[C@H](O)[C@@H](O[C@@H]3O[C@H](CO)[C@@H](O[C@@H]4O[C@H](CO)[C@H](O)[C@H](O)[C@H]4O[C@@H]4O[C@@H](C)[C@@H](O)[C@@H](O)[C@@H]4O)[C@H](O)[C@H]3NC(C)=O)[C@H]2O)O[C@H](CO)[C@@H](O[C@@H]2O[C@H](CO)[C@H](O)[C@H](O)[C@H]2O)[C@@H]1O. The molecule has 6 rings (SSSR count). The van der Waals surface area contributed by atoms with Gasteiger partial charge in [0, 0.05) is 13.8 Å². The van der Waals surface area contributed by atoms with Crippen molar-refractivity contribution in [1.29, 1.82) is 0 Å². The molecule has 0 aliphatic carbocycles. The van der Waals surface area contributed by atoms with Gasteiger partial charge < -0.3 is 150 Å². The molecule has 0 aromatic carbocycles. The van der Waals surface area contributed by atoms with Crippen molar-refractivity contribution in [3.63, 3.8) is 0 Å². The van der Waals surface area contributed by atoms with Crippen molar-refractivity contribution in [2.24, 2.45) is 0 Å². The predicted octanol–water partition coefficient (Wildman–Crippen LogP) is -12.8. The van der Waals surface area contributed by atoms with E-state index in [1.807, 2.05) is 0 Å². The Kier molecular flexibility index (Phi) is 20.8. The van der Waals surface area contributed by atoms with E-state index in [2.05, 4.69) is 10.6 Å². The second-order valence-corrected chi connectivity index (χ2v) is 18.3. The summed E-state index contributed by atoms with van der Waals surface area (Å²) in [5.41, 5.74) is 0. The van der Waals surface area contributed by atoms with Gasteiger partial charge in [0.05, 0.1) is 39.1 Å². The monoisotopic (exact) mass is 1060 g/mol. The van der Waals surface area contributed by atoms with Gasteiger partial charge in [0.1, 0.15) is 140 Å². The first kappa shape index (κ1) is 59.1. The maximum Gasteiger partial charge on any atom is 0.217 e. The largest absolute Gasteiger partial charge is 0.394 e. The summed E-state index contributed by atoms with van der Waals surface area (Å²) in [6.07, 6.45) is -50.8. The third kappa shape index (κ3) is 12.6. The summed E-state index contributed by atoms with van der Waals surface area (Å²) < 4.78 is 62.6. The highest BCUT2D eigenvalue weighted by Gasteiger charge is 2.57. The Labute approximate surface area is 408 Å². The fourth-order valence-electron chi connectivity index (χ4n) is 9.15. The number of hydrogen-bond acceptors (Lipinski definition) is 30. The van der Waals surface area contributed by atoms with E-state index in [1.165, 1.54) is 6.92 Å². The second kappa shape index (κ2) is 25.3. The van der Waals surface area contributed by atoms with E-state index in [1.54, 1.807) is 0 Å². The lowest BCUT2D eigenvalue weighted by Gasteiger charge is -2.50. The van der Waals surface area contributed by atoms with Crippen LogP contribution < -0.4 is 10.6 Å². The molecule has 418 valence electrons. The zero-order valence-corrected chi connectivity index (χ0v) is 38.8. The van der Waals surface area contributed by atoms with Crippen LogP contribution in [0.25, 0.3) is 0 Å². The van der Waals surface area contributed by atoms with Gasteiger partial charge in [-0.2, -0.15) is 0 Å². The number of rotatable bonds is 17. The average Bonchev–Trinajstić information content (AvgIpc) is 3.34. The number of carbonyl (C=O) groups excluding carboxylic acids is 2. The van der Waals surface area contributed by atoms with E-state index in [4.69, 9.17) is 52.1 Å². The lowest BCUT2D eigenvalue weighted by Crippen LogP contribution is -2.70. The number of aliphatic hydroxyl groups excluding tert-OH is 17. The number of nitrogens with one attached hydrogen (secondary N) is 2. The van der Waals surface area contributed by atoms with E-state index in [-0.39, 0.29) is 0 Å². The fourth-order valence-corrected chi connectivity index (χ4v) is 9.15. The molecule has 2 amide bonds. The number of hydrogen-bond donors (Lipinski definition) is 19. The molecule has 30 atom stereocenters. The molecule has 6 aliphatic rings. The van der Waals surface area contributed by atoms with E-state index in [0.717, 1.165) is 13.8 Å². The van der Waals surface area contributed by atoms with Gasteiger partial charge in [-0.25, -0.2) is 0 Å². The molecule has 6 fully saturated rings. The topological polar surface area (TPSA) is 504 Å². The third-order valence-electron chi connectivity index (χ3n) is 13.2. The Morgan fingerprint density at radius 3 is 1.33 bits per heavy atom. The van der Waals surface area contributed by atoms with Crippen molar-refractivity contribution < 1.29 is 149 Å². The summed E-state index contributed by atoms with van der Waals surface area (Å²) in [6.45, 7) is -1.14. The van der Waals surface area contributed by atoms with Gasteiger partial charge in [-0.3, -0.25) is 9.59 Å². The average molecular weight is 1060 g/mol. The molecule has 0 aromatic rings. The molecule has 6 heterocycles. The highest BCUT2D eigenvalue weighted by molar-refractivity contribution is 5.73. The Balaban J connectivity index is 1.17. The minimum Gasteiger partial charge on any atom is -0.394 e. The molecule has 0 radical (unpaired) electrons. The van der Waals surface area contributed by atoms with Crippen LogP contribution in [0.4, 0.5) is 0 Å². The molecule has 0 saturated carbocycles. The van der Waals surface area contributed by atoms with E-state index in [0.29, 0.717) is 0 Å². The molecular formula is C40H68N2O30. The van der Waals surface area contributed by atoms with Crippen LogP contribution in [0.5, 0.6) is 0 Å². The molecule has 32 heteroatoms. The molecule has 1 unspecified atom stereocenters. The van der Waals surface area contributed by atoms with Crippen LogP contribution in [0.1, 0.15) is 20.8 Å². The summed E-state index contributed by atoms with van der Waals surface area (Å²) in [5, 5.41) is 186. The minimum absolute atomic E-state index is 0.764. The molecule has 0 bridgehead atoms. The molecule has 32 nitrogen and oxygen atoms in total. The van der Waals surface area contributed by atoms with Gasteiger partial charge in [0.15, 0.2) is 37.7 Å². The van der Waals surface area contributed by atoms with Crippen LogP contribution in [0.2, 0.25) is 0 Å². The summed E-state index contributed by atoms with van der Waals surface area (Å²) in [5.74, 6) is -1.60. The van der Waals surface area contributed by atoms with Crippen LogP contribution >= 0.6 is 0 Å². The van der Waals surface area contributed by atoms with Gasteiger partial charge in [-0.15, -0.1) is 0 Å². The van der Waals surface area contributed by atoms with Crippen LogP contribution in [0, 0.1) is 0 Å². The van der Waals surface area contributed by atoms with Gasteiger partial charge >= 0.3 is 0 Å². The molecule has 0 spiro atoms. The first-order valence-corrected chi connectivity index (χ1v) is 23.0. The smallest absolute Gasteiger partial charge is 0.217 e. The molecule has 6 saturated heterocycles. The standard InChI is InChI=1S/C40H68N2O30/c1-9-19(49)25(55)28(58)38(63-9)72-34-27(57)21(51)13(5-44)66-40(34)70-32-15(7-46)68-37(18(24(32)54)42-11(3)48)71-33-22(52)16(64-35(61)30(33)60)8-62-36-17(41-10(2)47)23(53)31(14(6-45)67-36)69-39-29(59)26(56)20(50)12(4-43)65-39/h9,12-40,43-46,49-61H,4-8H2,1-3H3,(H,41,47)(H,42,48)/t9-,12+,13+,14+,15+,16+,17+,18+,19+,20-,21-,22-,23+,24+,25+,26-,27-,28-,29+,30+,31+,32+,33-,34+,35?,36+,37-,38-,39-,40-/m0/s1. The summed E-state index contributed by atoms with van der Waals surface area (Å²) >= 11 is 0. The van der Waals surface area contributed by atoms with E-state index in [9.17, 15) is 96.4 Å². The number of aliphatic hydroxyl groups is 17. The van der Waals surface area contributed by atoms with E-state index >= 15 is 0 Å². The highest BCUT2D eigenvalue weighted by atomic mass is 16.8. The molecule has 19 N–H and O–H groups in total. The summed E-state index contributed by atoms with van der Waals surface area (Å²) in [4.78, 5) is 24.9. The van der Waals surface area contributed by atoms with Crippen molar-refractivity contribution in [2.45, 2.75) is 205 Å². The van der Waals surface area contributed by atoms with Gasteiger partial charge in [-0.1, -0.05) is 0 Å². The first-order chi connectivity index (χ1) is 34.0. The van der Waals surface area contributed by atoms with Crippen molar-refractivity contribution >= 4 is 11.8 Å². The maximum atomic E-state index is 12.6. The molecular weight excluding hydrogens is 988 g/mol. The number of amides is 2. The maximum absolute atomic E-state index is 12.6. The van der Waals surface area contributed by atoms with Crippen molar-refractivity contribution in [3.05, 3.63) is 0 Å². The van der Waals surface area contributed by atoms with Crippen LogP contribution in [0.3, 0.4) is 0 Å². The second-order valence-electron chi connectivity index (χ2n) is 18.3. The highest BCUT2D eigenvalue weighted by Crippen LogP contribution is 2.36. The third-order valence-corrected chi connectivity index (χ3v) is 13.2. The first-order valence-electron chi connectivity index (χ1n) is 23.0.